The molecule has 1 aliphatic rings. The van der Waals surface area contributed by atoms with Crippen LogP contribution in [0.2, 0.25) is 0 Å². The summed E-state index contributed by atoms with van der Waals surface area (Å²) in [5, 5.41) is 3.29. The van der Waals surface area contributed by atoms with Gasteiger partial charge in [0.05, 0.1) is 13.2 Å². The summed E-state index contributed by atoms with van der Waals surface area (Å²) in [4.78, 5) is 11.6. The number of rotatable bonds is 7. The van der Waals surface area contributed by atoms with E-state index in [1.807, 2.05) is 13.8 Å². The fourth-order valence-corrected chi connectivity index (χ4v) is 1.88. The number of carbonyl (C=O) groups is 1. The number of ether oxygens (including phenoxy) is 2. The largest absolute Gasteiger partial charge is 0.464 e. The maximum absolute atomic E-state index is 11.6. The summed E-state index contributed by atoms with van der Waals surface area (Å²) in [7, 11) is 0. The summed E-state index contributed by atoms with van der Waals surface area (Å²) in [6.45, 7) is 7.02. The van der Waals surface area contributed by atoms with E-state index in [9.17, 15) is 4.79 Å². The second-order valence-corrected chi connectivity index (χ2v) is 4.22. The van der Waals surface area contributed by atoms with Crippen LogP contribution < -0.4 is 5.32 Å². The third-order valence-electron chi connectivity index (χ3n) is 2.80. The molecule has 0 saturated carbocycles. The van der Waals surface area contributed by atoms with Gasteiger partial charge in [0.15, 0.2) is 6.10 Å². The molecule has 1 heterocycles. The van der Waals surface area contributed by atoms with Gasteiger partial charge in [-0.15, -0.1) is 0 Å². The molecule has 2 atom stereocenters. The first-order valence-corrected chi connectivity index (χ1v) is 6.26. The minimum absolute atomic E-state index is 0.213. The Morgan fingerprint density at radius 3 is 2.88 bits per heavy atom. The van der Waals surface area contributed by atoms with Crippen molar-refractivity contribution in [2.24, 2.45) is 5.92 Å². The highest BCUT2D eigenvalue weighted by molar-refractivity contribution is 5.74. The predicted molar refractivity (Wildman–Crippen MR) is 62.3 cm³/mol. The van der Waals surface area contributed by atoms with Crippen molar-refractivity contribution in [3.05, 3.63) is 0 Å². The first-order valence-electron chi connectivity index (χ1n) is 6.26. The molecule has 0 aromatic heterocycles. The molecule has 0 amide bonds. The van der Waals surface area contributed by atoms with Crippen molar-refractivity contribution in [3.8, 4) is 0 Å². The molecule has 0 spiro atoms. The zero-order valence-electron chi connectivity index (χ0n) is 10.3. The lowest BCUT2D eigenvalue weighted by Crippen LogP contribution is -2.29. The summed E-state index contributed by atoms with van der Waals surface area (Å²) in [6, 6.07) is 0. The Kier molecular flexibility index (Phi) is 6.42. The lowest BCUT2D eigenvalue weighted by Gasteiger charge is -2.17. The number of hydrogen-bond donors (Lipinski definition) is 1. The molecule has 1 fully saturated rings. The van der Waals surface area contributed by atoms with Crippen LogP contribution in [0.1, 0.15) is 33.1 Å². The first kappa shape index (κ1) is 13.5. The SMILES string of the molecule is CCCC(OCC1CCNC1)C(=O)OCC. The highest BCUT2D eigenvalue weighted by Gasteiger charge is 2.22. The smallest absolute Gasteiger partial charge is 0.335 e. The molecular formula is C12H23NO3. The van der Waals surface area contributed by atoms with E-state index in [4.69, 9.17) is 9.47 Å². The Morgan fingerprint density at radius 1 is 1.50 bits per heavy atom. The average molecular weight is 229 g/mol. The fourth-order valence-electron chi connectivity index (χ4n) is 1.88. The molecule has 94 valence electrons. The Hall–Kier alpha value is -0.610. The average Bonchev–Trinajstić information content (AvgIpc) is 2.77. The van der Waals surface area contributed by atoms with Crippen molar-refractivity contribution in [1.82, 2.24) is 5.32 Å². The van der Waals surface area contributed by atoms with Crippen LogP contribution in [-0.2, 0) is 14.3 Å². The van der Waals surface area contributed by atoms with Gasteiger partial charge < -0.3 is 14.8 Å². The molecule has 2 unspecified atom stereocenters. The summed E-state index contributed by atoms with van der Waals surface area (Å²) in [6.07, 6.45) is 2.46. The van der Waals surface area contributed by atoms with E-state index in [0.29, 0.717) is 19.1 Å². The summed E-state index contributed by atoms with van der Waals surface area (Å²) < 4.78 is 10.7. The molecule has 0 bridgehead atoms. The van der Waals surface area contributed by atoms with Gasteiger partial charge in [-0.2, -0.15) is 0 Å². The monoisotopic (exact) mass is 229 g/mol. The zero-order chi connectivity index (χ0) is 11.8. The van der Waals surface area contributed by atoms with Crippen molar-refractivity contribution in [1.29, 1.82) is 0 Å². The van der Waals surface area contributed by atoms with Gasteiger partial charge in [-0.25, -0.2) is 4.79 Å². The first-order chi connectivity index (χ1) is 7.77. The van der Waals surface area contributed by atoms with Crippen LogP contribution in [0.3, 0.4) is 0 Å². The number of carbonyl (C=O) groups excluding carboxylic acids is 1. The maximum atomic E-state index is 11.6. The Balaban J connectivity index is 2.28. The normalized spacial score (nSPS) is 22.0. The minimum Gasteiger partial charge on any atom is -0.464 e. The molecule has 4 heteroatoms. The van der Waals surface area contributed by atoms with E-state index in [-0.39, 0.29) is 12.1 Å². The number of nitrogens with one attached hydrogen (secondary N) is 1. The molecule has 0 aromatic rings. The van der Waals surface area contributed by atoms with E-state index in [2.05, 4.69) is 5.32 Å². The van der Waals surface area contributed by atoms with Crippen LogP contribution >= 0.6 is 0 Å². The van der Waals surface area contributed by atoms with Gasteiger partial charge in [0.25, 0.3) is 0 Å². The Labute approximate surface area is 97.7 Å². The Bertz CT molecular complexity index is 202. The molecule has 0 aromatic carbocycles. The second kappa shape index (κ2) is 7.63. The van der Waals surface area contributed by atoms with Crippen LogP contribution in [0.15, 0.2) is 0 Å². The maximum Gasteiger partial charge on any atom is 0.335 e. The van der Waals surface area contributed by atoms with Crippen molar-refractivity contribution in [2.45, 2.75) is 39.2 Å². The number of esters is 1. The van der Waals surface area contributed by atoms with Crippen LogP contribution in [0.5, 0.6) is 0 Å². The molecule has 4 nitrogen and oxygen atoms in total. The Morgan fingerprint density at radius 2 is 2.31 bits per heavy atom. The third-order valence-corrected chi connectivity index (χ3v) is 2.80. The van der Waals surface area contributed by atoms with Crippen LogP contribution in [0.25, 0.3) is 0 Å². The number of hydrogen-bond acceptors (Lipinski definition) is 4. The predicted octanol–water partition coefficient (Wildman–Crippen LogP) is 1.34. The van der Waals surface area contributed by atoms with Gasteiger partial charge >= 0.3 is 5.97 Å². The lowest BCUT2D eigenvalue weighted by molar-refractivity contribution is -0.158. The molecule has 0 aliphatic carbocycles. The minimum atomic E-state index is -0.370. The van der Waals surface area contributed by atoms with Gasteiger partial charge in [-0.05, 0) is 32.2 Å². The standard InChI is InChI=1S/C12H23NO3/c1-3-5-11(12(14)15-4-2)16-9-10-6-7-13-8-10/h10-11,13H,3-9H2,1-2H3. The summed E-state index contributed by atoms with van der Waals surface area (Å²) in [5.74, 6) is 0.337. The van der Waals surface area contributed by atoms with E-state index < -0.39 is 0 Å². The highest BCUT2D eigenvalue weighted by Crippen LogP contribution is 2.12. The molecule has 0 radical (unpaired) electrons. The molecule has 1 saturated heterocycles. The fraction of sp³-hybridized carbons (Fsp3) is 0.917. The van der Waals surface area contributed by atoms with Crippen molar-refractivity contribution in [3.63, 3.8) is 0 Å². The van der Waals surface area contributed by atoms with Gasteiger partial charge in [0.1, 0.15) is 0 Å². The lowest BCUT2D eigenvalue weighted by atomic mass is 10.1. The van der Waals surface area contributed by atoms with Gasteiger partial charge in [0, 0.05) is 6.54 Å². The molecule has 1 aliphatic heterocycles. The zero-order valence-corrected chi connectivity index (χ0v) is 10.3. The molecular weight excluding hydrogens is 206 g/mol. The topological polar surface area (TPSA) is 47.6 Å². The van der Waals surface area contributed by atoms with Crippen LogP contribution in [0, 0.1) is 5.92 Å². The van der Waals surface area contributed by atoms with E-state index in [1.165, 1.54) is 0 Å². The van der Waals surface area contributed by atoms with Crippen LogP contribution in [-0.4, -0.2) is 38.4 Å². The van der Waals surface area contributed by atoms with E-state index in [0.717, 1.165) is 32.4 Å². The highest BCUT2D eigenvalue weighted by atomic mass is 16.6. The third kappa shape index (κ3) is 4.49. The second-order valence-electron chi connectivity index (χ2n) is 4.22. The van der Waals surface area contributed by atoms with Gasteiger partial charge in [-0.3, -0.25) is 0 Å². The van der Waals surface area contributed by atoms with Crippen LogP contribution in [0.4, 0.5) is 0 Å². The van der Waals surface area contributed by atoms with Gasteiger partial charge in [0.2, 0.25) is 0 Å². The van der Waals surface area contributed by atoms with E-state index >= 15 is 0 Å². The molecule has 1 N–H and O–H groups in total. The molecule has 16 heavy (non-hydrogen) atoms. The summed E-state index contributed by atoms with van der Waals surface area (Å²) >= 11 is 0. The van der Waals surface area contributed by atoms with Gasteiger partial charge in [-0.1, -0.05) is 13.3 Å². The summed E-state index contributed by atoms with van der Waals surface area (Å²) in [5.41, 5.74) is 0. The van der Waals surface area contributed by atoms with Crippen molar-refractivity contribution < 1.29 is 14.3 Å². The van der Waals surface area contributed by atoms with E-state index in [1.54, 1.807) is 0 Å². The van der Waals surface area contributed by atoms with Crippen molar-refractivity contribution >= 4 is 5.97 Å². The van der Waals surface area contributed by atoms with Crippen molar-refractivity contribution in [2.75, 3.05) is 26.3 Å². The molecule has 1 rings (SSSR count). The quantitative estimate of drug-likeness (QED) is 0.669.